The maximum atomic E-state index is 11.3. The van der Waals surface area contributed by atoms with Gasteiger partial charge in [-0.15, -0.1) is 5.10 Å². The van der Waals surface area contributed by atoms with E-state index in [1.165, 1.54) is 0 Å². The third kappa shape index (κ3) is 1.52. The van der Waals surface area contributed by atoms with Gasteiger partial charge in [0.05, 0.1) is 5.69 Å². The van der Waals surface area contributed by atoms with Crippen LogP contribution in [0.15, 0.2) is 12.1 Å². The molecule has 0 radical (unpaired) electrons. The van der Waals surface area contributed by atoms with Gasteiger partial charge in [-0.2, -0.15) is 5.10 Å². The molecule has 0 saturated carbocycles. The van der Waals surface area contributed by atoms with Crippen LogP contribution in [0.4, 0.5) is 5.82 Å². The molecular weight excluding hydrogens is 166 g/mol. The summed E-state index contributed by atoms with van der Waals surface area (Å²) >= 11 is 0. The standard InChI is InChI=1S/C9H11N3O/c1-7-4-5-8(11-10-7)12-6-2-3-9(12)13/h4-5H,2-3,6H2,1H3. The third-order valence-corrected chi connectivity index (χ3v) is 2.13. The fourth-order valence-electron chi connectivity index (χ4n) is 1.43. The van der Waals surface area contributed by atoms with Crippen LogP contribution in [0.3, 0.4) is 0 Å². The predicted molar refractivity (Wildman–Crippen MR) is 48.4 cm³/mol. The van der Waals surface area contributed by atoms with E-state index in [1.54, 1.807) is 4.90 Å². The van der Waals surface area contributed by atoms with E-state index in [0.717, 1.165) is 18.7 Å². The molecule has 0 aliphatic carbocycles. The first-order valence-electron chi connectivity index (χ1n) is 4.38. The minimum absolute atomic E-state index is 0.151. The van der Waals surface area contributed by atoms with Gasteiger partial charge < -0.3 is 0 Å². The number of hydrogen-bond donors (Lipinski definition) is 0. The van der Waals surface area contributed by atoms with E-state index >= 15 is 0 Å². The normalized spacial score (nSPS) is 16.7. The average Bonchev–Trinajstić information content (AvgIpc) is 2.53. The van der Waals surface area contributed by atoms with Gasteiger partial charge in [0.1, 0.15) is 0 Å². The van der Waals surface area contributed by atoms with Crippen molar-refractivity contribution in [3.8, 4) is 0 Å². The molecule has 0 aromatic carbocycles. The lowest BCUT2D eigenvalue weighted by atomic mass is 10.4. The average molecular weight is 177 g/mol. The minimum Gasteiger partial charge on any atom is -0.295 e. The number of hydrogen-bond acceptors (Lipinski definition) is 3. The highest BCUT2D eigenvalue weighted by Crippen LogP contribution is 2.17. The molecule has 0 bridgehead atoms. The van der Waals surface area contributed by atoms with E-state index in [9.17, 15) is 4.79 Å². The van der Waals surface area contributed by atoms with Gasteiger partial charge in [0, 0.05) is 13.0 Å². The molecule has 1 aromatic heterocycles. The van der Waals surface area contributed by atoms with Crippen LogP contribution in [-0.2, 0) is 4.79 Å². The van der Waals surface area contributed by atoms with Crippen LogP contribution in [-0.4, -0.2) is 22.6 Å². The van der Waals surface area contributed by atoms with Gasteiger partial charge in [0.15, 0.2) is 5.82 Å². The number of carbonyl (C=O) groups excluding carboxylic acids is 1. The number of aromatic nitrogens is 2. The van der Waals surface area contributed by atoms with Crippen LogP contribution in [0, 0.1) is 6.92 Å². The first kappa shape index (κ1) is 8.16. The SMILES string of the molecule is Cc1ccc(N2CCCC2=O)nn1. The Morgan fingerprint density at radius 1 is 1.38 bits per heavy atom. The molecule has 1 amide bonds. The van der Waals surface area contributed by atoms with Crippen molar-refractivity contribution in [1.82, 2.24) is 10.2 Å². The van der Waals surface area contributed by atoms with E-state index in [4.69, 9.17) is 0 Å². The molecular formula is C9H11N3O. The second-order valence-electron chi connectivity index (χ2n) is 3.18. The van der Waals surface area contributed by atoms with Gasteiger partial charge in [-0.05, 0) is 25.5 Å². The summed E-state index contributed by atoms with van der Waals surface area (Å²) in [5.41, 5.74) is 0.871. The number of anilines is 1. The Bertz CT molecular complexity index is 320. The molecule has 4 heteroatoms. The highest BCUT2D eigenvalue weighted by molar-refractivity contribution is 5.94. The fourth-order valence-corrected chi connectivity index (χ4v) is 1.43. The van der Waals surface area contributed by atoms with Crippen molar-refractivity contribution in [2.75, 3.05) is 11.4 Å². The van der Waals surface area contributed by atoms with Crippen molar-refractivity contribution >= 4 is 11.7 Å². The van der Waals surface area contributed by atoms with Crippen molar-refractivity contribution in [3.05, 3.63) is 17.8 Å². The van der Waals surface area contributed by atoms with Crippen LogP contribution in [0.2, 0.25) is 0 Å². The van der Waals surface area contributed by atoms with E-state index in [1.807, 2.05) is 19.1 Å². The molecule has 2 rings (SSSR count). The molecule has 13 heavy (non-hydrogen) atoms. The summed E-state index contributed by atoms with van der Waals surface area (Å²) in [6.07, 6.45) is 1.56. The predicted octanol–water partition coefficient (Wildman–Crippen LogP) is 0.912. The van der Waals surface area contributed by atoms with Crippen LogP contribution < -0.4 is 4.90 Å². The van der Waals surface area contributed by atoms with Crippen molar-refractivity contribution < 1.29 is 4.79 Å². The zero-order chi connectivity index (χ0) is 9.26. The summed E-state index contributed by atoms with van der Waals surface area (Å²) in [6.45, 7) is 2.65. The highest BCUT2D eigenvalue weighted by Gasteiger charge is 2.22. The van der Waals surface area contributed by atoms with Gasteiger partial charge in [-0.25, -0.2) is 0 Å². The lowest BCUT2D eigenvalue weighted by molar-refractivity contribution is -0.117. The summed E-state index contributed by atoms with van der Waals surface area (Å²) in [7, 11) is 0. The zero-order valence-corrected chi connectivity index (χ0v) is 7.53. The minimum atomic E-state index is 0.151. The molecule has 1 aliphatic heterocycles. The second kappa shape index (κ2) is 3.12. The van der Waals surface area contributed by atoms with Crippen LogP contribution in [0.25, 0.3) is 0 Å². The van der Waals surface area contributed by atoms with E-state index in [0.29, 0.717) is 12.2 Å². The Hall–Kier alpha value is -1.45. The number of rotatable bonds is 1. The largest absolute Gasteiger partial charge is 0.295 e. The van der Waals surface area contributed by atoms with Crippen molar-refractivity contribution in [2.45, 2.75) is 19.8 Å². The monoisotopic (exact) mass is 177 g/mol. The van der Waals surface area contributed by atoms with Crippen molar-refractivity contribution in [1.29, 1.82) is 0 Å². The number of carbonyl (C=O) groups is 1. The summed E-state index contributed by atoms with van der Waals surface area (Å²) < 4.78 is 0. The second-order valence-corrected chi connectivity index (χ2v) is 3.18. The molecule has 4 nitrogen and oxygen atoms in total. The third-order valence-electron chi connectivity index (χ3n) is 2.13. The Morgan fingerprint density at radius 2 is 2.23 bits per heavy atom. The molecule has 0 unspecified atom stereocenters. The molecule has 68 valence electrons. The van der Waals surface area contributed by atoms with Gasteiger partial charge >= 0.3 is 0 Å². The topological polar surface area (TPSA) is 46.1 Å². The van der Waals surface area contributed by atoms with Gasteiger partial charge in [0.25, 0.3) is 0 Å². The van der Waals surface area contributed by atoms with Crippen molar-refractivity contribution in [3.63, 3.8) is 0 Å². The molecule has 1 aromatic rings. The maximum Gasteiger partial charge on any atom is 0.228 e. The van der Waals surface area contributed by atoms with E-state index in [-0.39, 0.29) is 5.91 Å². The Morgan fingerprint density at radius 3 is 2.77 bits per heavy atom. The van der Waals surface area contributed by atoms with E-state index in [2.05, 4.69) is 10.2 Å². The lowest BCUT2D eigenvalue weighted by Crippen LogP contribution is -2.24. The highest BCUT2D eigenvalue weighted by atomic mass is 16.2. The van der Waals surface area contributed by atoms with Crippen LogP contribution in [0.5, 0.6) is 0 Å². The summed E-state index contributed by atoms with van der Waals surface area (Å²) in [5.74, 6) is 0.825. The zero-order valence-electron chi connectivity index (χ0n) is 7.53. The Balaban J connectivity index is 2.25. The molecule has 1 saturated heterocycles. The molecule has 0 spiro atoms. The first-order chi connectivity index (χ1) is 6.27. The molecule has 0 N–H and O–H groups in total. The number of aryl methyl sites for hydroxylation is 1. The van der Waals surface area contributed by atoms with E-state index < -0.39 is 0 Å². The first-order valence-corrected chi connectivity index (χ1v) is 4.38. The number of nitrogens with zero attached hydrogens (tertiary/aromatic N) is 3. The molecule has 0 atom stereocenters. The number of amides is 1. The fraction of sp³-hybridized carbons (Fsp3) is 0.444. The maximum absolute atomic E-state index is 11.3. The van der Waals surface area contributed by atoms with Gasteiger partial charge in [-0.3, -0.25) is 9.69 Å². The summed E-state index contributed by atoms with van der Waals surface area (Å²) in [4.78, 5) is 13.0. The van der Waals surface area contributed by atoms with Gasteiger partial charge in [0.2, 0.25) is 5.91 Å². The molecule has 2 heterocycles. The Kier molecular flexibility index (Phi) is 1.96. The summed E-state index contributed by atoms with van der Waals surface area (Å²) in [5, 5.41) is 7.88. The molecule has 1 aliphatic rings. The molecule has 1 fully saturated rings. The summed E-state index contributed by atoms with van der Waals surface area (Å²) in [6, 6.07) is 3.71. The Labute approximate surface area is 76.6 Å². The van der Waals surface area contributed by atoms with Crippen LogP contribution in [0.1, 0.15) is 18.5 Å². The van der Waals surface area contributed by atoms with Crippen LogP contribution >= 0.6 is 0 Å². The smallest absolute Gasteiger partial charge is 0.228 e. The van der Waals surface area contributed by atoms with Gasteiger partial charge in [-0.1, -0.05) is 0 Å². The quantitative estimate of drug-likeness (QED) is 0.640. The van der Waals surface area contributed by atoms with Crippen molar-refractivity contribution in [2.24, 2.45) is 0 Å². The lowest BCUT2D eigenvalue weighted by Gasteiger charge is -2.12.